The predicted molar refractivity (Wildman–Crippen MR) is 55.6 cm³/mol. The Hall–Kier alpha value is -0.570. The number of likely N-dealkylation sites (N-methyl/N-ethyl adjacent to an activating group) is 1. The third-order valence-corrected chi connectivity index (χ3v) is 2.00. The van der Waals surface area contributed by atoms with Crippen LogP contribution in [0.1, 0.15) is 27.7 Å². The second-order valence-corrected chi connectivity index (χ2v) is 4.40. The molecule has 0 atom stereocenters. The molecular formula is C10H22N2O. The van der Waals surface area contributed by atoms with Crippen LogP contribution < -0.4 is 5.32 Å². The maximum absolute atomic E-state index is 11.4. The van der Waals surface area contributed by atoms with E-state index < -0.39 is 0 Å². The normalized spacial score (nSPS) is 11.8. The van der Waals surface area contributed by atoms with E-state index in [-0.39, 0.29) is 11.3 Å². The number of nitrogens with one attached hydrogen (secondary N) is 1. The van der Waals surface area contributed by atoms with E-state index in [2.05, 4.69) is 17.1 Å². The van der Waals surface area contributed by atoms with E-state index in [0.717, 1.165) is 19.6 Å². The van der Waals surface area contributed by atoms with E-state index in [9.17, 15) is 4.79 Å². The summed E-state index contributed by atoms with van der Waals surface area (Å²) < 4.78 is 0. The zero-order chi connectivity index (χ0) is 10.5. The Morgan fingerprint density at radius 3 is 2.31 bits per heavy atom. The first-order valence-corrected chi connectivity index (χ1v) is 4.84. The maximum Gasteiger partial charge on any atom is 0.225 e. The zero-order valence-corrected chi connectivity index (χ0v) is 9.48. The van der Waals surface area contributed by atoms with E-state index in [1.54, 1.807) is 0 Å². The van der Waals surface area contributed by atoms with Crippen LogP contribution in [0.25, 0.3) is 0 Å². The first kappa shape index (κ1) is 12.4. The molecule has 3 heteroatoms. The van der Waals surface area contributed by atoms with Gasteiger partial charge in [-0.25, -0.2) is 0 Å². The molecule has 0 heterocycles. The Kier molecular flexibility index (Phi) is 4.99. The van der Waals surface area contributed by atoms with E-state index in [0.29, 0.717) is 0 Å². The molecule has 0 saturated carbocycles. The highest BCUT2D eigenvalue weighted by Crippen LogP contribution is 2.11. The van der Waals surface area contributed by atoms with Crippen LogP contribution in [0.3, 0.4) is 0 Å². The zero-order valence-electron chi connectivity index (χ0n) is 9.48. The van der Waals surface area contributed by atoms with Gasteiger partial charge in [0.25, 0.3) is 0 Å². The smallest absolute Gasteiger partial charge is 0.225 e. The molecule has 0 saturated heterocycles. The molecule has 0 radical (unpaired) electrons. The van der Waals surface area contributed by atoms with Gasteiger partial charge in [0.05, 0.1) is 0 Å². The molecule has 0 unspecified atom stereocenters. The second-order valence-electron chi connectivity index (χ2n) is 4.40. The summed E-state index contributed by atoms with van der Waals surface area (Å²) >= 11 is 0. The number of nitrogens with zero attached hydrogens (tertiary/aromatic N) is 1. The van der Waals surface area contributed by atoms with Crippen LogP contribution in [0.15, 0.2) is 0 Å². The molecule has 0 rings (SSSR count). The van der Waals surface area contributed by atoms with E-state index in [1.807, 2.05) is 27.8 Å². The predicted octanol–water partition coefficient (Wildman–Crippen LogP) is 1.10. The Balaban J connectivity index is 3.60. The van der Waals surface area contributed by atoms with Crippen molar-refractivity contribution in [1.29, 1.82) is 0 Å². The van der Waals surface area contributed by atoms with Crippen LogP contribution >= 0.6 is 0 Å². The van der Waals surface area contributed by atoms with Gasteiger partial charge in [-0.3, -0.25) is 4.79 Å². The number of amides is 1. The van der Waals surface area contributed by atoms with E-state index in [1.165, 1.54) is 0 Å². The molecule has 0 aliphatic heterocycles. The van der Waals surface area contributed by atoms with Crippen LogP contribution in [0.4, 0.5) is 0 Å². The lowest BCUT2D eigenvalue weighted by molar-refractivity contribution is -0.128. The summed E-state index contributed by atoms with van der Waals surface area (Å²) in [4.78, 5) is 13.6. The van der Waals surface area contributed by atoms with Gasteiger partial charge in [0, 0.05) is 18.5 Å². The number of hydrogen-bond acceptors (Lipinski definition) is 2. The van der Waals surface area contributed by atoms with Crippen molar-refractivity contribution < 1.29 is 4.79 Å². The Bertz CT molecular complexity index is 161. The summed E-state index contributed by atoms with van der Waals surface area (Å²) in [7, 11) is 2.04. The highest BCUT2D eigenvalue weighted by molar-refractivity contribution is 5.81. The molecule has 0 aromatic heterocycles. The van der Waals surface area contributed by atoms with Gasteiger partial charge in [-0.2, -0.15) is 0 Å². The third-order valence-electron chi connectivity index (χ3n) is 2.00. The lowest BCUT2D eigenvalue weighted by Crippen LogP contribution is -2.39. The molecule has 78 valence electrons. The minimum atomic E-state index is -0.273. The maximum atomic E-state index is 11.4. The average molecular weight is 186 g/mol. The van der Waals surface area contributed by atoms with E-state index in [4.69, 9.17) is 0 Å². The van der Waals surface area contributed by atoms with Crippen molar-refractivity contribution >= 4 is 5.91 Å². The molecule has 0 aromatic rings. The van der Waals surface area contributed by atoms with Gasteiger partial charge in [-0.1, -0.05) is 27.7 Å². The van der Waals surface area contributed by atoms with E-state index >= 15 is 0 Å². The molecule has 1 amide bonds. The molecule has 0 aliphatic rings. The van der Waals surface area contributed by atoms with Crippen molar-refractivity contribution in [2.24, 2.45) is 5.41 Å². The van der Waals surface area contributed by atoms with Crippen LogP contribution in [-0.4, -0.2) is 37.5 Å². The summed E-state index contributed by atoms with van der Waals surface area (Å²) in [5.41, 5.74) is -0.273. The van der Waals surface area contributed by atoms with Crippen molar-refractivity contribution in [2.75, 3.05) is 26.7 Å². The minimum absolute atomic E-state index is 0.122. The fourth-order valence-corrected chi connectivity index (χ4v) is 0.784. The van der Waals surface area contributed by atoms with Gasteiger partial charge in [0.1, 0.15) is 0 Å². The number of rotatable bonds is 4. The largest absolute Gasteiger partial charge is 0.354 e. The van der Waals surface area contributed by atoms with Crippen molar-refractivity contribution in [1.82, 2.24) is 10.2 Å². The molecule has 13 heavy (non-hydrogen) atoms. The van der Waals surface area contributed by atoms with Gasteiger partial charge >= 0.3 is 0 Å². The quantitative estimate of drug-likeness (QED) is 0.713. The summed E-state index contributed by atoms with van der Waals surface area (Å²) in [6.07, 6.45) is 0. The van der Waals surface area contributed by atoms with Crippen molar-refractivity contribution in [3.8, 4) is 0 Å². The SMILES string of the molecule is CCN(C)CCNC(=O)C(C)(C)C. The van der Waals surface area contributed by atoms with Gasteiger partial charge in [-0.15, -0.1) is 0 Å². The lowest BCUT2D eigenvalue weighted by atomic mass is 9.96. The van der Waals surface area contributed by atoms with Crippen LogP contribution in [-0.2, 0) is 4.79 Å². The fraction of sp³-hybridized carbons (Fsp3) is 0.900. The van der Waals surface area contributed by atoms with Gasteiger partial charge in [0.2, 0.25) is 5.91 Å². The van der Waals surface area contributed by atoms with Crippen molar-refractivity contribution in [3.05, 3.63) is 0 Å². The first-order chi connectivity index (χ1) is 5.88. The fourth-order valence-electron chi connectivity index (χ4n) is 0.784. The Labute approximate surface area is 81.5 Å². The number of carbonyl (C=O) groups is 1. The van der Waals surface area contributed by atoms with Crippen molar-refractivity contribution in [3.63, 3.8) is 0 Å². The Morgan fingerprint density at radius 1 is 1.38 bits per heavy atom. The molecule has 0 aromatic carbocycles. The monoisotopic (exact) mass is 186 g/mol. The first-order valence-electron chi connectivity index (χ1n) is 4.84. The van der Waals surface area contributed by atoms with Gasteiger partial charge in [-0.05, 0) is 13.6 Å². The van der Waals surface area contributed by atoms with Gasteiger partial charge in [0.15, 0.2) is 0 Å². The highest BCUT2D eigenvalue weighted by Gasteiger charge is 2.20. The summed E-state index contributed by atoms with van der Waals surface area (Å²) in [6.45, 7) is 10.5. The Morgan fingerprint density at radius 2 is 1.92 bits per heavy atom. The summed E-state index contributed by atoms with van der Waals surface area (Å²) in [6, 6.07) is 0. The second kappa shape index (κ2) is 5.22. The minimum Gasteiger partial charge on any atom is -0.354 e. The molecule has 0 aliphatic carbocycles. The third kappa shape index (κ3) is 5.64. The average Bonchev–Trinajstić information content (AvgIpc) is 2.02. The van der Waals surface area contributed by atoms with Gasteiger partial charge < -0.3 is 10.2 Å². The number of carbonyl (C=O) groups excluding carboxylic acids is 1. The summed E-state index contributed by atoms with van der Waals surface area (Å²) in [5.74, 6) is 0.122. The molecule has 1 N–H and O–H groups in total. The standard InChI is InChI=1S/C10H22N2O/c1-6-12(5)8-7-11-9(13)10(2,3)4/h6-8H2,1-5H3,(H,11,13). The molecular weight excluding hydrogens is 164 g/mol. The van der Waals surface area contributed by atoms with Crippen LogP contribution in [0, 0.1) is 5.41 Å². The molecule has 3 nitrogen and oxygen atoms in total. The van der Waals surface area contributed by atoms with Crippen molar-refractivity contribution in [2.45, 2.75) is 27.7 Å². The molecule has 0 fully saturated rings. The summed E-state index contributed by atoms with van der Waals surface area (Å²) in [5, 5.41) is 2.91. The molecule has 0 spiro atoms. The highest BCUT2D eigenvalue weighted by atomic mass is 16.2. The molecule has 0 bridgehead atoms. The van der Waals surface area contributed by atoms with Crippen LogP contribution in [0.5, 0.6) is 0 Å². The number of hydrogen-bond donors (Lipinski definition) is 1. The lowest BCUT2D eigenvalue weighted by Gasteiger charge is -2.19. The van der Waals surface area contributed by atoms with Crippen LogP contribution in [0.2, 0.25) is 0 Å². The topological polar surface area (TPSA) is 32.3 Å².